The summed E-state index contributed by atoms with van der Waals surface area (Å²) in [6.45, 7) is 2.88. The summed E-state index contributed by atoms with van der Waals surface area (Å²) in [5, 5.41) is 17.3. The van der Waals surface area contributed by atoms with E-state index in [9.17, 15) is 0 Å². The Bertz CT molecular complexity index is 84.1. The van der Waals surface area contributed by atoms with E-state index in [2.05, 4.69) is 6.92 Å². The smallest absolute Gasteiger partial charge is 0.0431 e. The predicted molar refractivity (Wildman–Crippen MR) is 55.7 cm³/mol. The van der Waals surface area contributed by atoms with Gasteiger partial charge in [0, 0.05) is 13.2 Å². The second-order valence-electron chi connectivity index (χ2n) is 3.71. The van der Waals surface area contributed by atoms with Gasteiger partial charge in [-0.05, 0) is 18.8 Å². The van der Waals surface area contributed by atoms with E-state index >= 15 is 0 Å². The van der Waals surface area contributed by atoms with Crippen LogP contribution in [0.4, 0.5) is 0 Å². The van der Waals surface area contributed by atoms with Crippen LogP contribution >= 0.6 is 0 Å². The lowest BCUT2D eigenvalue weighted by Gasteiger charge is -2.13. The normalized spacial score (nSPS) is 11.1. The van der Waals surface area contributed by atoms with Crippen molar-refractivity contribution in [1.29, 1.82) is 0 Å². The Balaban J connectivity index is 3.28. The van der Waals surface area contributed by atoms with E-state index in [0.717, 1.165) is 31.6 Å². The highest BCUT2D eigenvalue weighted by Gasteiger charge is 2.04. The fourth-order valence-electron chi connectivity index (χ4n) is 1.64. The Morgan fingerprint density at radius 1 is 0.846 bits per heavy atom. The van der Waals surface area contributed by atoms with Gasteiger partial charge in [-0.2, -0.15) is 0 Å². The molecule has 0 radical (unpaired) electrons. The SMILES string of the molecule is CCC(CCCCO)CCCCO. The number of rotatable bonds is 9. The van der Waals surface area contributed by atoms with Crippen LogP contribution in [-0.4, -0.2) is 23.4 Å². The van der Waals surface area contributed by atoms with E-state index in [1.165, 1.54) is 19.3 Å². The Morgan fingerprint density at radius 3 is 1.62 bits per heavy atom. The molecule has 0 heterocycles. The molecule has 0 fully saturated rings. The second kappa shape index (κ2) is 10.0. The van der Waals surface area contributed by atoms with Crippen LogP contribution in [0.1, 0.15) is 51.9 Å². The van der Waals surface area contributed by atoms with Crippen molar-refractivity contribution in [3.63, 3.8) is 0 Å². The highest BCUT2D eigenvalue weighted by molar-refractivity contribution is 4.58. The standard InChI is InChI=1S/C11H24O2/c1-2-11(7-3-5-9-12)8-4-6-10-13/h11-13H,2-10H2,1H3. The minimum atomic E-state index is 0.326. The van der Waals surface area contributed by atoms with E-state index in [-0.39, 0.29) is 0 Å². The molecule has 2 N–H and O–H groups in total. The molecule has 0 spiro atoms. The molecule has 0 aliphatic rings. The van der Waals surface area contributed by atoms with Gasteiger partial charge in [-0.15, -0.1) is 0 Å². The molecule has 0 aliphatic carbocycles. The van der Waals surface area contributed by atoms with Crippen molar-refractivity contribution in [3.05, 3.63) is 0 Å². The number of hydrogen-bond acceptors (Lipinski definition) is 2. The molecule has 0 unspecified atom stereocenters. The molecule has 0 amide bonds. The molecular weight excluding hydrogens is 164 g/mol. The molecule has 0 aromatic rings. The van der Waals surface area contributed by atoms with E-state index in [1.807, 2.05) is 0 Å². The lowest BCUT2D eigenvalue weighted by molar-refractivity contribution is 0.265. The van der Waals surface area contributed by atoms with Crippen LogP contribution in [0, 0.1) is 5.92 Å². The minimum absolute atomic E-state index is 0.326. The summed E-state index contributed by atoms with van der Waals surface area (Å²) in [5.41, 5.74) is 0. The van der Waals surface area contributed by atoms with Gasteiger partial charge >= 0.3 is 0 Å². The van der Waals surface area contributed by atoms with E-state index < -0.39 is 0 Å². The highest BCUT2D eigenvalue weighted by Crippen LogP contribution is 2.18. The number of unbranched alkanes of at least 4 members (excludes halogenated alkanes) is 2. The van der Waals surface area contributed by atoms with Gasteiger partial charge < -0.3 is 10.2 Å². The summed E-state index contributed by atoms with van der Waals surface area (Å²) < 4.78 is 0. The molecule has 2 nitrogen and oxygen atoms in total. The molecule has 13 heavy (non-hydrogen) atoms. The molecule has 0 saturated carbocycles. The first-order chi connectivity index (χ1) is 6.35. The van der Waals surface area contributed by atoms with Crippen molar-refractivity contribution in [2.45, 2.75) is 51.9 Å². The Labute approximate surface area is 82.0 Å². The van der Waals surface area contributed by atoms with Crippen molar-refractivity contribution < 1.29 is 10.2 Å². The topological polar surface area (TPSA) is 40.5 Å². The Morgan fingerprint density at radius 2 is 1.31 bits per heavy atom. The van der Waals surface area contributed by atoms with Gasteiger partial charge in [-0.25, -0.2) is 0 Å². The summed E-state index contributed by atoms with van der Waals surface area (Å²) in [4.78, 5) is 0. The molecule has 0 saturated heterocycles. The maximum Gasteiger partial charge on any atom is 0.0431 e. The van der Waals surface area contributed by atoms with Crippen LogP contribution in [-0.2, 0) is 0 Å². The first kappa shape index (κ1) is 12.9. The molecule has 0 bridgehead atoms. The van der Waals surface area contributed by atoms with Crippen LogP contribution in [0.5, 0.6) is 0 Å². The van der Waals surface area contributed by atoms with Crippen molar-refractivity contribution >= 4 is 0 Å². The average Bonchev–Trinajstić information content (AvgIpc) is 2.16. The maximum absolute atomic E-state index is 8.63. The molecule has 80 valence electrons. The third-order valence-electron chi connectivity index (χ3n) is 2.62. The molecular formula is C11H24O2. The van der Waals surface area contributed by atoms with Gasteiger partial charge in [0.1, 0.15) is 0 Å². The molecule has 0 aliphatic heterocycles. The third-order valence-corrected chi connectivity index (χ3v) is 2.62. The summed E-state index contributed by atoms with van der Waals surface area (Å²) in [5.74, 6) is 0.804. The monoisotopic (exact) mass is 188 g/mol. The maximum atomic E-state index is 8.63. The largest absolute Gasteiger partial charge is 0.396 e. The number of hydrogen-bond donors (Lipinski definition) is 2. The van der Waals surface area contributed by atoms with Gasteiger partial charge in [0.2, 0.25) is 0 Å². The quantitative estimate of drug-likeness (QED) is 0.545. The highest BCUT2D eigenvalue weighted by atomic mass is 16.3. The molecule has 0 atom stereocenters. The van der Waals surface area contributed by atoms with E-state index in [4.69, 9.17) is 10.2 Å². The zero-order valence-corrected chi connectivity index (χ0v) is 8.84. The van der Waals surface area contributed by atoms with Crippen molar-refractivity contribution in [2.24, 2.45) is 5.92 Å². The molecule has 0 aromatic heterocycles. The van der Waals surface area contributed by atoms with Crippen LogP contribution in [0.3, 0.4) is 0 Å². The molecule has 0 rings (SSSR count). The first-order valence-corrected chi connectivity index (χ1v) is 5.56. The van der Waals surface area contributed by atoms with Crippen LogP contribution in [0.25, 0.3) is 0 Å². The fraction of sp³-hybridized carbons (Fsp3) is 1.00. The zero-order chi connectivity index (χ0) is 9.94. The van der Waals surface area contributed by atoms with Crippen molar-refractivity contribution in [3.8, 4) is 0 Å². The van der Waals surface area contributed by atoms with Gasteiger partial charge in [-0.1, -0.05) is 39.0 Å². The molecule has 0 aromatic carbocycles. The summed E-state index contributed by atoms with van der Waals surface area (Å²) >= 11 is 0. The Hall–Kier alpha value is -0.0800. The van der Waals surface area contributed by atoms with Gasteiger partial charge in [-0.3, -0.25) is 0 Å². The lowest BCUT2D eigenvalue weighted by Crippen LogP contribution is -2.00. The predicted octanol–water partition coefficient (Wildman–Crippen LogP) is 2.34. The van der Waals surface area contributed by atoms with Gasteiger partial charge in [0.25, 0.3) is 0 Å². The second-order valence-corrected chi connectivity index (χ2v) is 3.71. The van der Waals surface area contributed by atoms with Crippen LogP contribution in [0.15, 0.2) is 0 Å². The first-order valence-electron chi connectivity index (χ1n) is 5.56. The van der Waals surface area contributed by atoms with Crippen molar-refractivity contribution in [2.75, 3.05) is 13.2 Å². The summed E-state index contributed by atoms with van der Waals surface area (Å²) in [6, 6.07) is 0. The minimum Gasteiger partial charge on any atom is -0.396 e. The zero-order valence-electron chi connectivity index (χ0n) is 8.84. The number of aliphatic hydroxyl groups is 2. The van der Waals surface area contributed by atoms with Gasteiger partial charge in [0.05, 0.1) is 0 Å². The third kappa shape index (κ3) is 8.26. The number of aliphatic hydroxyl groups excluding tert-OH is 2. The average molecular weight is 188 g/mol. The Kier molecular flexibility index (Phi) is 9.94. The van der Waals surface area contributed by atoms with Crippen LogP contribution < -0.4 is 0 Å². The summed E-state index contributed by atoms with van der Waals surface area (Å²) in [7, 11) is 0. The van der Waals surface area contributed by atoms with E-state index in [0.29, 0.717) is 13.2 Å². The van der Waals surface area contributed by atoms with E-state index in [1.54, 1.807) is 0 Å². The van der Waals surface area contributed by atoms with Crippen molar-refractivity contribution in [1.82, 2.24) is 0 Å². The van der Waals surface area contributed by atoms with Crippen LogP contribution in [0.2, 0.25) is 0 Å². The fourth-order valence-corrected chi connectivity index (χ4v) is 1.64. The summed E-state index contributed by atoms with van der Waals surface area (Å²) in [6.07, 6.45) is 7.89. The molecule has 2 heteroatoms. The lowest BCUT2D eigenvalue weighted by atomic mass is 9.94. The van der Waals surface area contributed by atoms with Gasteiger partial charge in [0.15, 0.2) is 0 Å².